The van der Waals surface area contributed by atoms with E-state index < -0.39 is 9.84 Å². The van der Waals surface area contributed by atoms with Crippen molar-refractivity contribution in [3.05, 3.63) is 41.5 Å². The Labute approximate surface area is 284 Å². The molecule has 0 amide bonds. The van der Waals surface area contributed by atoms with E-state index in [2.05, 4.69) is 63.0 Å². The Morgan fingerprint density at radius 1 is 0.872 bits per heavy atom. The van der Waals surface area contributed by atoms with Crippen molar-refractivity contribution in [3.63, 3.8) is 0 Å². The molecule has 2 unspecified atom stereocenters. The number of carbonyl (C=O) groups excluding carboxylic acids is 1. The molecule has 8 atom stereocenters. The van der Waals surface area contributed by atoms with E-state index in [1.807, 2.05) is 12.1 Å². The van der Waals surface area contributed by atoms with E-state index in [4.69, 9.17) is 4.74 Å². The zero-order valence-corrected chi connectivity index (χ0v) is 30.8. The summed E-state index contributed by atoms with van der Waals surface area (Å²) < 4.78 is 28.8. The number of carbonyl (C=O) groups is 1. The third-order valence-electron chi connectivity index (χ3n) is 15.9. The lowest BCUT2D eigenvalue weighted by Gasteiger charge is -2.72. The number of sulfone groups is 1. The largest absolute Gasteiger partial charge is 0.465 e. The molecule has 0 aromatic heterocycles. The predicted octanol–water partition coefficient (Wildman–Crippen LogP) is 7.39. The van der Waals surface area contributed by atoms with Crippen LogP contribution in [0.1, 0.15) is 115 Å². The molecule has 6 aliphatic rings. The number of esters is 1. The zero-order chi connectivity index (χ0) is 33.5. The van der Waals surface area contributed by atoms with Crippen LogP contribution in [-0.4, -0.2) is 69.6 Å². The first-order valence-electron chi connectivity index (χ1n) is 18.8. The fraction of sp³-hybridized carbons (Fsp3) is 0.775. The van der Waals surface area contributed by atoms with Gasteiger partial charge in [-0.05, 0) is 126 Å². The quantitative estimate of drug-likeness (QED) is 0.320. The molecule has 0 spiro atoms. The van der Waals surface area contributed by atoms with E-state index in [9.17, 15) is 13.2 Å². The van der Waals surface area contributed by atoms with Gasteiger partial charge in [0.25, 0.3) is 0 Å². The van der Waals surface area contributed by atoms with Gasteiger partial charge in [0.2, 0.25) is 0 Å². The normalized spacial score (nSPS) is 42.3. The van der Waals surface area contributed by atoms with Gasteiger partial charge < -0.3 is 15.0 Å². The van der Waals surface area contributed by atoms with Gasteiger partial charge in [-0.3, -0.25) is 0 Å². The highest BCUT2D eigenvalue weighted by atomic mass is 32.2. The minimum absolute atomic E-state index is 0.0640. The first-order chi connectivity index (χ1) is 22.2. The van der Waals surface area contributed by atoms with Gasteiger partial charge in [0.15, 0.2) is 9.84 Å². The maximum atomic E-state index is 12.1. The SMILES string of the molecule is COC(=O)c1ccc(C2=CCC3(C)[C@H]4CCC5[C@H]6CCC[C@]6(NCCN6CCS(=O)(=O)CC6)CC[C@@]5(C)[C@]4(C)CC[C@H]3C2(C)C)cc1. The molecular weight excluding hydrogens is 605 g/mol. The molecule has 47 heavy (non-hydrogen) atoms. The van der Waals surface area contributed by atoms with Crippen LogP contribution in [0.2, 0.25) is 0 Å². The number of hydrogen-bond acceptors (Lipinski definition) is 6. The molecule has 4 saturated carbocycles. The molecule has 1 heterocycles. The van der Waals surface area contributed by atoms with Crippen molar-refractivity contribution in [2.75, 3.05) is 44.8 Å². The van der Waals surface area contributed by atoms with Crippen molar-refractivity contribution in [1.82, 2.24) is 10.2 Å². The number of allylic oxidation sites excluding steroid dienone is 2. The standard InChI is InChI=1S/C40H60N2O4S/c1-36(2)30(28-9-11-29(12-10-28)35(43)46-6)15-18-37(3)33(36)16-19-39(5)34(37)14-13-31-32-8-7-17-40(32,21-20-38(31,39)4)41-22-23-42-24-26-47(44,45)27-25-42/h9-12,15,31-34,41H,7-8,13-14,16-27H2,1-6H3/t31?,32-,33+,34-,37?,38-,39-,40+/m1/s1. The van der Waals surface area contributed by atoms with Crippen molar-refractivity contribution < 1.29 is 17.9 Å². The average Bonchev–Trinajstić information content (AvgIpc) is 3.46. The summed E-state index contributed by atoms with van der Waals surface area (Å²) in [6.45, 7) is 16.4. The molecule has 6 nitrogen and oxygen atoms in total. The smallest absolute Gasteiger partial charge is 0.337 e. The van der Waals surface area contributed by atoms with Crippen molar-refractivity contribution in [2.45, 2.75) is 104 Å². The van der Waals surface area contributed by atoms with Crippen LogP contribution in [-0.2, 0) is 14.6 Å². The van der Waals surface area contributed by atoms with Gasteiger partial charge in [0.05, 0.1) is 24.2 Å². The second-order valence-electron chi connectivity index (χ2n) is 17.9. The molecule has 5 aliphatic carbocycles. The molecule has 1 N–H and O–H groups in total. The maximum Gasteiger partial charge on any atom is 0.337 e. The second kappa shape index (κ2) is 11.7. The lowest BCUT2D eigenvalue weighted by atomic mass is 9.33. The van der Waals surface area contributed by atoms with Crippen LogP contribution in [0, 0.1) is 45.3 Å². The molecule has 7 heteroatoms. The van der Waals surface area contributed by atoms with Crippen molar-refractivity contribution in [1.29, 1.82) is 0 Å². The van der Waals surface area contributed by atoms with Crippen LogP contribution >= 0.6 is 0 Å². The van der Waals surface area contributed by atoms with E-state index in [0.717, 1.165) is 37.3 Å². The number of nitrogens with one attached hydrogen (secondary N) is 1. The first kappa shape index (κ1) is 33.8. The molecule has 1 aromatic carbocycles. The number of methoxy groups -OCH3 is 1. The summed E-state index contributed by atoms with van der Waals surface area (Å²) in [6.07, 6.45) is 15.7. The molecule has 7 rings (SSSR count). The first-order valence-corrected chi connectivity index (χ1v) is 20.6. The number of fused-ring (bicyclic) bond motifs is 7. The molecule has 1 aromatic rings. The number of hydrogen-bond donors (Lipinski definition) is 1. The monoisotopic (exact) mass is 664 g/mol. The highest BCUT2D eigenvalue weighted by Crippen LogP contribution is 2.76. The predicted molar refractivity (Wildman–Crippen MR) is 190 cm³/mol. The Morgan fingerprint density at radius 2 is 1.60 bits per heavy atom. The van der Waals surface area contributed by atoms with Gasteiger partial charge in [-0.15, -0.1) is 0 Å². The van der Waals surface area contributed by atoms with Crippen LogP contribution in [0.25, 0.3) is 5.57 Å². The molecule has 5 fully saturated rings. The van der Waals surface area contributed by atoms with Crippen LogP contribution in [0.4, 0.5) is 0 Å². The topological polar surface area (TPSA) is 75.7 Å². The van der Waals surface area contributed by atoms with Crippen molar-refractivity contribution >= 4 is 21.4 Å². The molecule has 1 aliphatic heterocycles. The third-order valence-corrected chi connectivity index (χ3v) is 17.5. The van der Waals surface area contributed by atoms with Gasteiger partial charge in [-0.2, -0.15) is 0 Å². The average molecular weight is 665 g/mol. The van der Waals surface area contributed by atoms with Gasteiger partial charge in [0, 0.05) is 31.7 Å². The summed E-state index contributed by atoms with van der Waals surface area (Å²) in [6, 6.07) is 8.10. The fourth-order valence-corrected chi connectivity index (χ4v) is 14.6. The fourth-order valence-electron chi connectivity index (χ4n) is 13.3. The number of ether oxygens (including phenoxy) is 1. The molecule has 260 valence electrons. The van der Waals surface area contributed by atoms with Crippen molar-refractivity contribution in [3.8, 4) is 0 Å². The van der Waals surface area contributed by atoms with Crippen LogP contribution in [0.5, 0.6) is 0 Å². The lowest BCUT2D eigenvalue weighted by molar-refractivity contribution is -0.217. The summed E-state index contributed by atoms with van der Waals surface area (Å²) in [5, 5.41) is 4.17. The Hall–Kier alpha value is -1.70. The number of benzene rings is 1. The summed E-state index contributed by atoms with van der Waals surface area (Å²) in [4.78, 5) is 14.4. The van der Waals surface area contributed by atoms with Crippen LogP contribution < -0.4 is 5.32 Å². The lowest BCUT2D eigenvalue weighted by Crippen LogP contribution is -2.67. The van der Waals surface area contributed by atoms with Gasteiger partial charge in [0.1, 0.15) is 0 Å². The van der Waals surface area contributed by atoms with E-state index >= 15 is 0 Å². The Kier molecular flexibility index (Phi) is 8.40. The summed E-state index contributed by atoms with van der Waals surface area (Å²) in [5.74, 6) is 3.26. The Bertz CT molecular complexity index is 1500. The van der Waals surface area contributed by atoms with Gasteiger partial charge in [-0.1, -0.05) is 59.2 Å². The van der Waals surface area contributed by atoms with Crippen molar-refractivity contribution in [2.24, 2.45) is 45.3 Å². The Morgan fingerprint density at radius 3 is 2.30 bits per heavy atom. The van der Waals surface area contributed by atoms with E-state index in [0.29, 0.717) is 46.9 Å². The van der Waals surface area contributed by atoms with Gasteiger partial charge in [-0.25, -0.2) is 13.2 Å². The molecular formula is C40H60N2O4S. The number of rotatable bonds is 6. The number of nitrogens with zero attached hydrogens (tertiary/aromatic N) is 1. The van der Waals surface area contributed by atoms with E-state index in [-0.39, 0.29) is 22.3 Å². The zero-order valence-electron chi connectivity index (χ0n) is 30.0. The van der Waals surface area contributed by atoms with E-state index in [1.165, 1.54) is 76.0 Å². The highest BCUT2D eigenvalue weighted by Gasteiger charge is 2.69. The Balaban J connectivity index is 1.10. The molecule has 0 bridgehead atoms. The minimum Gasteiger partial charge on any atom is -0.465 e. The second-order valence-corrected chi connectivity index (χ2v) is 20.2. The highest BCUT2D eigenvalue weighted by molar-refractivity contribution is 7.91. The minimum atomic E-state index is -2.83. The summed E-state index contributed by atoms with van der Waals surface area (Å²) in [5.41, 5.74) is 4.63. The van der Waals surface area contributed by atoms with Gasteiger partial charge >= 0.3 is 5.97 Å². The van der Waals surface area contributed by atoms with Crippen LogP contribution in [0.3, 0.4) is 0 Å². The maximum absolute atomic E-state index is 12.1. The summed E-state index contributed by atoms with van der Waals surface area (Å²) in [7, 11) is -1.39. The molecule has 0 radical (unpaired) electrons. The third kappa shape index (κ3) is 5.21. The molecule has 1 saturated heterocycles. The van der Waals surface area contributed by atoms with E-state index in [1.54, 1.807) is 0 Å². The van der Waals surface area contributed by atoms with Crippen LogP contribution in [0.15, 0.2) is 30.3 Å². The summed E-state index contributed by atoms with van der Waals surface area (Å²) >= 11 is 0.